The van der Waals surface area contributed by atoms with Crippen molar-refractivity contribution in [3.63, 3.8) is 0 Å². The van der Waals surface area contributed by atoms with Crippen molar-refractivity contribution in [2.75, 3.05) is 7.11 Å². The first-order valence-electron chi connectivity index (χ1n) is 3.89. The Bertz CT molecular complexity index is 387. The quantitative estimate of drug-likeness (QED) is 0.418. The van der Waals surface area contributed by atoms with Gasteiger partial charge in [0.2, 0.25) is 0 Å². The average Bonchev–Trinajstić information content (AvgIpc) is 2.16. The summed E-state index contributed by atoms with van der Waals surface area (Å²) in [5.74, 6) is 0.405. The fraction of sp³-hybridized carbons (Fsp3) is 0.222. The maximum atomic E-state index is 10.7. The Kier molecular flexibility index (Phi) is 2.81. The van der Waals surface area contributed by atoms with Gasteiger partial charge in [0.15, 0.2) is 6.29 Å². The molecule has 0 saturated heterocycles. The fourth-order valence-electron chi connectivity index (χ4n) is 1.26. The molecule has 0 spiro atoms. The Hall–Kier alpha value is -1.91. The van der Waals surface area contributed by atoms with Crippen molar-refractivity contribution in [2.45, 2.75) is 6.92 Å². The van der Waals surface area contributed by atoms with Crippen LogP contribution >= 0.6 is 0 Å². The van der Waals surface area contributed by atoms with Gasteiger partial charge in [0, 0.05) is 0 Å². The highest BCUT2D eigenvalue weighted by molar-refractivity contribution is 5.83. The molecule has 0 saturated carbocycles. The van der Waals surface area contributed by atoms with Gasteiger partial charge in [-0.2, -0.15) is 0 Å². The summed E-state index contributed by atoms with van der Waals surface area (Å²) in [4.78, 5) is 20.6. The molecule has 0 heterocycles. The molecule has 1 aromatic rings. The van der Waals surface area contributed by atoms with E-state index in [1.54, 1.807) is 6.92 Å². The number of rotatable bonds is 3. The van der Waals surface area contributed by atoms with E-state index in [0.717, 1.165) is 0 Å². The van der Waals surface area contributed by atoms with Gasteiger partial charge in [-0.3, -0.25) is 14.9 Å². The van der Waals surface area contributed by atoms with Crippen LogP contribution in [0.5, 0.6) is 5.75 Å². The van der Waals surface area contributed by atoms with Crippen LogP contribution in [0.15, 0.2) is 12.1 Å². The van der Waals surface area contributed by atoms with E-state index < -0.39 is 4.92 Å². The number of ether oxygens (including phenoxy) is 1. The first-order valence-corrected chi connectivity index (χ1v) is 3.89. The fourth-order valence-corrected chi connectivity index (χ4v) is 1.26. The Morgan fingerprint density at radius 2 is 2.14 bits per heavy atom. The van der Waals surface area contributed by atoms with Crippen LogP contribution in [-0.2, 0) is 0 Å². The smallest absolute Gasteiger partial charge is 0.286 e. The first-order chi connectivity index (χ1) is 6.61. The topological polar surface area (TPSA) is 69.4 Å². The maximum Gasteiger partial charge on any atom is 0.286 e. The Balaban J connectivity index is 3.46. The number of methoxy groups -OCH3 is 1. The van der Waals surface area contributed by atoms with Gasteiger partial charge in [0.25, 0.3) is 5.69 Å². The maximum absolute atomic E-state index is 10.7. The van der Waals surface area contributed by atoms with Crippen LogP contribution in [0.3, 0.4) is 0 Å². The van der Waals surface area contributed by atoms with Gasteiger partial charge in [-0.15, -0.1) is 0 Å². The van der Waals surface area contributed by atoms with Gasteiger partial charge in [0.05, 0.1) is 23.2 Å². The molecule has 0 aliphatic carbocycles. The van der Waals surface area contributed by atoms with Gasteiger partial charge >= 0.3 is 0 Å². The van der Waals surface area contributed by atoms with E-state index >= 15 is 0 Å². The van der Waals surface area contributed by atoms with Gasteiger partial charge in [-0.05, 0) is 19.1 Å². The summed E-state index contributed by atoms with van der Waals surface area (Å²) in [5.41, 5.74) is 0.231. The number of carbonyl (C=O) groups is 1. The van der Waals surface area contributed by atoms with Crippen molar-refractivity contribution >= 4 is 12.0 Å². The van der Waals surface area contributed by atoms with E-state index in [9.17, 15) is 14.9 Å². The minimum atomic E-state index is -0.582. The number of aldehydes is 1. The molecule has 5 heteroatoms. The van der Waals surface area contributed by atoms with E-state index in [1.807, 2.05) is 0 Å². The third-order valence-electron chi connectivity index (χ3n) is 1.94. The molecular formula is C9H9NO4. The lowest BCUT2D eigenvalue weighted by Crippen LogP contribution is -1.99. The predicted octanol–water partition coefficient (Wildman–Crippen LogP) is 1.72. The lowest BCUT2D eigenvalue weighted by molar-refractivity contribution is -0.385. The summed E-state index contributed by atoms with van der Waals surface area (Å²) in [6, 6.07) is 2.91. The van der Waals surface area contributed by atoms with Crippen LogP contribution in [0.1, 0.15) is 15.9 Å². The first kappa shape index (κ1) is 10.2. The summed E-state index contributed by atoms with van der Waals surface area (Å²) in [6.07, 6.45) is 0.463. The van der Waals surface area contributed by atoms with Crippen LogP contribution in [-0.4, -0.2) is 18.3 Å². The van der Waals surface area contributed by atoms with Crippen LogP contribution in [0.25, 0.3) is 0 Å². The SMILES string of the molecule is COc1ccc(C=O)c([N+](=O)[O-])c1C. The van der Waals surface area contributed by atoms with Crippen LogP contribution in [0.2, 0.25) is 0 Å². The zero-order valence-corrected chi connectivity index (χ0v) is 7.81. The Morgan fingerprint density at radius 3 is 2.57 bits per heavy atom. The van der Waals surface area contributed by atoms with Crippen molar-refractivity contribution in [3.05, 3.63) is 33.4 Å². The van der Waals surface area contributed by atoms with Crippen molar-refractivity contribution in [3.8, 4) is 5.75 Å². The van der Waals surface area contributed by atoms with Gasteiger partial charge in [-0.1, -0.05) is 0 Å². The number of nitrogens with zero attached hydrogens (tertiary/aromatic N) is 1. The standard InChI is InChI=1S/C9H9NO4/c1-6-8(14-2)4-3-7(5-11)9(6)10(12)13/h3-5H,1-2H3. The van der Waals surface area contributed by atoms with E-state index in [0.29, 0.717) is 17.6 Å². The van der Waals surface area contributed by atoms with E-state index in [-0.39, 0.29) is 11.3 Å². The van der Waals surface area contributed by atoms with E-state index in [1.165, 1.54) is 19.2 Å². The second kappa shape index (κ2) is 3.87. The number of nitro groups is 1. The molecule has 0 bridgehead atoms. The van der Waals surface area contributed by atoms with E-state index in [2.05, 4.69) is 0 Å². The highest BCUT2D eigenvalue weighted by atomic mass is 16.6. The molecule has 5 nitrogen and oxygen atoms in total. The van der Waals surface area contributed by atoms with Crippen LogP contribution in [0, 0.1) is 17.0 Å². The van der Waals surface area contributed by atoms with Gasteiger partial charge < -0.3 is 4.74 Å². The van der Waals surface area contributed by atoms with Crippen molar-refractivity contribution in [1.29, 1.82) is 0 Å². The van der Waals surface area contributed by atoms with Gasteiger partial charge in [-0.25, -0.2) is 0 Å². The molecule has 74 valence electrons. The molecule has 0 fully saturated rings. The molecule has 0 amide bonds. The van der Waals surface area contributed by atoms with E-state index in [4.69, 9.17) is 4.74 Å². The number of hydrogen-bond acceptors (Lipinski definition) is 4. The third kappa shape index (κ3) is 1.56. The normalized spacial score (nSPS) is 9.57. The Morgan fingerprint density at radius 1 is 1.50 bits per heavy atom. The Labute approximate surface area is 80.5 Å². The largest absolute Gasteiger partial charge is 0.496 e. The molecule has 0 aliphatic rings. The number of carbonyl (C=O) groups excluding carboxylic acids is 1. The summed E-state index contributed by atoms with van der Waals surface area (Å²) >= 11 is 0. The molecule has 0 N–H and O–H groups in total. The molecule has 0 radical (unpaired) electrons. The lowest BCUT2D eigenvalue weighted by atomic mass is 10.1. The molecule has 0 atom stereocenters. The number of hydrogen-bond donors (Lipinski definition) is 0. The molecule has 1 rings (SSSR count). The van der Waals surface area contributed by atoms with Crippen molar-refractivity contribution in [1.82, 2.24) is 0 Å². The van der Waals surface area contributed by atoms with Crippen LogP contribution in [0.4, 0.5) is 5.69 Å². The zero-order chi connectivity index (χ0) is 10.7. The molecule has 0 aromatic heterocycles. The second-order valence-electron chi connectivity index (χ2n) is 2.71. The van der Waals surface area contributed by atoms with Gasteiger partial charge in [0.1, 0.15) is 5.75 Å². The lowest BCUT2D eigenvalue weighted by Gasteiger charge is -2.05. The minimum Gasteiger partial charge on any atom is -0.496 e. The van der Waals surface area contributed by atoms with Crippen LogP contribution < -0.4 is 4.74 Å². The molecular weight excluding hydrogens is 186 g/mol. The molecule has 0 unspecified atom stereocenters. The zero-order valence-electron chi connectivity index (χ0n) is 7.81. The summed E-state index contributed by atoms with van der Waals surface area (Å²) in [5, 5.41) is 10.7. The molecule has 14 heavy (non-hydrogen) atoms. The highest BCUT2D eigenvalue weighted by Crippen LogP contribution is 2.29. The minimum absolute atomic E-state index is 0.0632. The highest BCUT2D eigenvalue weighted by Gasteiger charge is 2.19. The summed E-state index contributed by atoms with van der Waals surface area (Å²) in [7, 11) is 1.42. The molecule has 1 aromatic carbocycles. The monoisotopic (exact) mass is 195 g/mol. The number of nitro benzene ring substituents is 1. The predicted molar refractivity (Wildman–Crippen MR) is 49.8 cm³/mol. The van der Waals surface area contributed by atoms with Crippen molar-refractivity contribution in [2.24, 2.45) is 0 Å². The third-order valence-corrected chi connectivity index (χ3v) is 1.94. The number of benzene rings is 1. The summed E-state index contributed by atoms with van der Waals surface area (Å²) in [6.45, 7) is 1.55. The average molecular weight is 195 g/mol. The van der Waals surface area contributed by atoms with Crippen molar-refractivity contribution < 1.29 is 14.5 Å². The second-order valence-corrected chi connectivity index (χ2v) is 2.71. The summed E-state index contributed by atoms with van der Waals surface area (Å²) < 4.78 is 4.91. The molecule has 0 aliphatic heterocycles.